The lowest BCUT2D eigenvalue weighted by atomic mass is 9.77. The Kier molecular flexibility index (Phi) is 1.10. The molecule has 0 aromatic carbocycles. The van der Waals surface area contributed by atoms with E-state index in [-0.39, 0.29) is 0 Å². The summed E-state index contributed by atoms with van der Waals surface area (Å²) < 4.78 is 0. The van der Waals surface area contributed by atoms with Gasteiger partial charge in [-0.3, -0.25) is 0 Å². The number of rotatable bonds is 1. The predicted octanol–water partition coefficient (Wildman–Crippen LogP) is 1.43. The molecule has 0 heterocycles. The molecule has 2 atom stereocenters. The van der Waals surface area contributed by atoms with Crippen LogP contribution < -0.4 is 0 Å². The quantitative estimate of drug-likeness (QED) is 0.595. The van der Waals surface area contributed by atoms with E-state index in [1.54, 1.807) is 0 Å². The molecule has 0 radical (unpaired) electrons. The first-order valence-electron chi connectivity index (χ1n) is 3.74. The van der Waals surface area contributed by atoms with Gasteiger partial charge in [0.25, 0.3) is 0 Å². The predicted molar refractivity (Wildman–Crippen MR) is 36.5 cm³/mol. The number of carboxylic acid groups (broad SMARTS) is 1. The summed E-state index contributed by atoms with van der Waals surface area (Å²) in [5, 5.41) is 8.61. The zero-order valence-electron chi connectivity index (χ0n) is 5.71. The molecule has 54 valence electrons. The van der Waals surface area contributed by atoms with Crippen molar-refractivity contribution in [1.29, 1.82) is 0 Å². The highest BCUT2D eigenvalue weighted by atomic mass is 16.4. The van der Waals surface area contributed by atoms with Gasteiger partial charge in [-0.2, -0.15) is 0 Å². The molecule has 2 heteroatoms. The van der Waals surface area contributed by atoms with Crippen LogP contribution in [0.1, 0.15) is 19.3 Å². The second kappa shape index (κ2) is 1.84. The molecule has 0 saturated heterocycles. The molecule has 2 nitrogen and oxygen atoms in total. The largest absolute Gasteiger partial charge is 0.478 e. The molecule has 0 aliphatic heterocycles. The molecule has 0 aromatic heterocycles. The van der Waals surface area contributed by atoms with Crippen molar-refractivity contribution in [2.75, 3.05) is 0 Å². The molecule has 0 amide bonds. The summed E-state index contributed by atoms with van der Waals surface area (Å²) in [6, 6.07) is 0. The normalized spacial score (nSPS) is 36.2. The summed E-state index contributed by atoms with van der Waals surface area (Å²) >= 11 is 0. The van der Waals surface area contributed by atoms with Crippen molar-refractivity contribution >= 4 is 5.97 Å². The highest BCUT2D eigenvalue weighted by Gasteiger charge is 2.39. The monoisotopic (exact) mass is 138 g/mol. The fourth-order valence-corrected chi connectivity index (χ4v) is 2.04. The van der Waals surface area contributed by atoms with Gasteiger partial charge in [-0.15, -0.1) is 0 Å². The first-order chi connectivity index (χ1) is 4.79. The van der Waals surface area contributed by atoms with E-state index >= 15 is 0 Å². The third-order valence-corrected chi connectivity index (χ3v) is 2.61. The average molecular weight is 138 g/mol. The van der Waals surface area contributed by atoms with Crippen molar-refractivity contribution in [3.05, 3.63) is 11.6 Å². The minimum atomic E-state index is -0.705. The lowest BCUT2D eigenvalue weighted by Gasteiger charge is -2.26. The second-order valence-corrected chi connectivity index (χ2v) is 3.13. The maximum atomic E-state index is 10.5. The molecule has 10 heavy (non-hydrogen) atoms. The fraction of sp³-hybridized carbons (Fsp3) is 0.625. The van der Waals surface area contributed by atoms with Crippen LogP contribution in [-0.4, -0.2) is 11.1 Å². The van der Waals surface area contributed by atoms with E-state index in [9.17, 15) is 4.79 Å². The van der Waals surface area contributed by atoms with E-state index in [4.69, 9.17) is 5.11 Å². The maximum absolute atomic E-state index is 10.5. The molecule has 1 fully saturated rings. The van der Waals surface area contributed by atoms with Crippen molar-refractivity contribution in [3.63, 3.8) is 0 Å². The van der Waals surface area contributed by atoms with Gasteiger partial charge in [0.1, 0.15) is 0 Å². The first kappa shape index (κ1) is 5.96. The van der Waals surface area contributed by atoms with Gasteiger partial charge in [0.05, 0.1) is 0 Å². The van der Waals surface area contributed by atoms with Gasteiger partial charge in [-0.05, 0) is 24.7 Å². The molecule has 0 aromatic rings. The van der Waals surface area contributed by atoms with Crippen LogP contribution in [0.2, 0.25) is 0 Å². The van der Waals surface area contributed by atoms with Gasteiger partial charge in [0.15, 0.2) is 0 Å². The van der Waals surface area contributed by atoms with Gasteiger partial charge in [-0.1, -0.05) is 12.5 Å². The summed E-state index contributed by atoms with van der Waals surface area (Å²) in [7, 11) is 0. The molecule has 0 spiro atoms. The average Bonchev–Trinajstić information content (AvgIpc) is 2.11. The van der Waals surface area contributed by atoms with E-state index in [1.807, 2.05) is 6.08 Å². The summed E-state index contributed by atoms with van der Waals surface area (Å²) in [6.07, 6.45) is 5.44. The van der Waals surface area contributed by atoms with Crippen molar-refractivity contribution < 1.29 is 9.90 Å². The number of hydrogen-bond acceptors (Lipinski definition) is 1. The van der Waals surface area contributed by atoms with E-state index < -0.39 is 5.97 Å². The lowest BCUT2D eigenvalue weighted by molar-refractivity contribution is -0.133. The lowest BCUT2D eigenvalue weighted by Crippen LogP contribution is -2.24. The van der Waals surface area contributed by atoms with Gasteiger partial charge in [0.2, 0.25) is 0 Å². The number of hydrogen-bond donors (Lipinski definition) is 1. The molecular weight excluding hydrogens is 128 g/mol. The minimum absolute atomic E-state index is 0.414. The van der Waals surface area contributed by atoms with Crippen LogP contribution >= 0.6 is 0 Å². The first-order valence-corrected chi connectivity index (χ1v) is 3.74. The highest BCUT2D eigenvalue weighted by Crippen LogP contribution is 2.45. The van der Waals surface area contributed by atoms with Crippen LogP contribution in [0.5, 0.6) is 0 Å². The van der Waals surface area contributed by atoms with Crippen molar-refractivity contribution in [3.8, 4) is 0 Å². The topological polar surface area (TPSA) is 37.3 Å². The molecule has 2 aliphatic carbocycles. The smallest absolute Gasteiger partial charge is 0.331 e. The molecule has 2 aliphatic rings. The molecule has 0 bridgehead atoms. The Bertz CT molecular complexity index is 205. The Morgan fingerprint density at radius 1 is 1.60 bits per heavy atom. The van der Waals surface area contributed by atoms with Crippen LogP contribution in [-0.2, 0) is 4.79 Å². The Balaban J connectivity index is 2.16. The van der Waals surface area contributed by atoms with Crippen molar-refractivity contribution in [2.45, 2.75) is 19.3 Å². The number of aliphatic carboxylic acids is 1. The van der Waals surface area contributed by atoms with Crippen LogP contribution in [0.15, 0.2) is 11.6 Å². The third-order valence-electron chi connectivity index (χ3n) is 2.61. The summed E-state index contributed by atoms with van der Waals surface area (Å²) in [5.74, 6) is 0.326. The number of carbonyl (C=O) groups is 1. The second-order valence-electron chi connectivity index (χ2n) is 3.13. The molecule has 2 unspecified atom stereocenters. The molecular formula is C8H10O2. The minimum Gasteiger partial charge on any atom is -0.478 e. The van der Waals surface area contributed by atoms with E-state index in [1.165, 1.54) is 12.8 Å². The van der Waals surface area contributed by atoms with E-state index in [0.717, 1.165) is 6.42 Å². The molecule has 1 saturated carbocycles. The van der Waals surface area contributed by atoms with Crippen molar-refractivity contribution in [1.82, 2.24) is 0 Å². The zero-order chi connectivity index (χ0) is 7.14. The van der Waals surface area contributed by atoms with Crippen LogP contribution in [0, 0.1) is 11.8 Å². The van der Waals surface area contributed by atoms with Gasteiger partial charge >= 0.3 is 5.97 Å². The van der Waals surface area contributed by atoms with Crippen LogP contribution in [0.3, 0.4) is 0 Å². The van der Waals surface area contributed by atoms with Crippen LogP contribution in [0.4, 0.5) is 0 Å². The van der Waals surface area contributed by atoms with Gasteiger partial charge in [-0.25, -0.2) is 4.79 Å². The Morgan fingerprint density at radius 3 is 3.00 bits per heavy atom. The van der Waals surface area contributed by atoms with Crippen LogP contribution in [0.25, 0.3) is 0 Å². The van der Waals surface area contributed by atoms with Gasteiger partial charge < -0.3 is 5.11 Å². The SMILES string of the molecule is O=C(O)C1=CC2CCCC12. The number of carboxylic acids is 1. The van der Waals surface area contributed by atoms with Gasteiger partial charge in [0, 0.05) is 5.57 Å². The Hall–Kier alpha value is -0.790. The maximum Gasteiger partial charge on any atom is 0.331 e. The standard InChI is InChI=1S/C8H10O2/c9-8(10)7-4-5-2-1-3-6(5)7/h4-6H,1-3H2,(H,9,10). The molecule has 2 rings (SSSR count). The summed E-state index contributed by atoms with van der Waals surface area (Å²) in [6.45, 7) is 0. The summed E-state index contributed by atoms with van der Waals surface area (Å²) in [4.78, 5) is 10.5. The highest BCUT2D eigenvalue weighted by molar-refractivity contribution is 5.89. The zero-order valence-corrected chi connectivity index (χ0v) is 5.71. The van der Waals surface area contributed by atoms with E-state index in [2.05, 4.69) is 0 Å². The Morgan fingerprint density at radius 2 is 2.40 bits per heavy atom. The number of allylic oxidation sites excluding steroid dienone is 1. The molecule has 1 N–H and O–H groups in total. The third kappa shape index (κ3) is 0.618. The Labute approximate surface area is 59.5 Å². The summed E-state index contributed by atoms with van der Waals surface area (Å²) in [5.41, 5.74) is 0.669. The van der Waals surface area contributed by atoms with Crippen molar-refractivity contribution in [2.24, 2.45) is 11.8 Å². The fourth-order valence-electron chi connectivity index (χ4n) is 2.04. The number of fused-ring (bicyclic) bond motifs is 1. The van der Waals surface area contributed by atoms with E-state index in [0.29, 0.717) is 17.4 Å².